The lowest BCUT2D eigenvalue weighted by atomic mass is 10.0. The smallest absolute Gasteiger partial charge is 0.317 e. The minimum absolute atomic E-state index is 0.00426. The summed E-state index contributed by atoms with van der Waals surface area (Å²) in [5.41, 5.74) is 10.00. The number of carbonyl (C=O) groups is 5. The van der Waals surface area contributed by atoms with E-state index in [0.717, 1.165) is 16.9 Å². The van der Waals surface area contributed by atoms with E-state index in [4.69, 9.17) is 25.5 Å². The molecule has 0 radical (unpaired) electrons. The van der Waals surface area contributed by atoms with E-state index in [0.29, 0.717) is 28.5 Å². The Kier molecular flexibility index (Phi) is 15.0. The highest BCUT2D eigenvalue weighted by Crippen LogP contribution is 2.30. The molecule has 0 unspecified atom stereocenters. The summed E-state index contributed by atoms with van der Waals surface area (Å²) in [6.07, 6.45) is 1.69. The largest absolute Gasteiger partial charge is 0.497 e. The van der Waals surface area contributed by atoms with Crippen LogP contribution in [0.4, 0.5) is 0 Å². The van der Waals surface area contributed by atoms with Crippen molar-refractivity contribution in [1.29, 1.82) is 0 Å². The molecule has 0 atom stereocenters. The van der Waals surface area contributed by atoms with Crippen LogP contribution in [0, 0.1) is 0 Å². The van der Waals surface area contributed by atoms with Crippen molar-refractivity contribution >= 4 is 29.7 Å². The number of amides is 2. The van der Waals surface area contributed by atoms with E-state index in [1.807, 2.05) is 54.6 Å². The van der Waals surface area contributed by atoms with Crippen molar-refractivity contribution in [3.63, 3.8) is 0 Å². The molecule has 6 N–H and O–H groups in total. The van der Waals surface area contributed by atoms with E-state index in [2.05, 4.69) is 10.3 Å². The van der Waals surface area contributed by atoms with Gasteiger partial charge in [0.05, 0.1) is 74.8 Å². The summed E-state index contributed by atoms with van der Waals surface area (Å²) in [6, 6.07) is 22.4. The van der Waals surface area contributed by atoms with Crippen LogP contribution < -0.4 is 15.8 Å². The van der Waals surface area contributed by atoms with Gasteiger partial charge in [-0.1, -0.05) is 24.3 Å². The molecular formula is C37H42N8O9. The average Bonchev–Trinajstić information content (AvgIpc) is 3.14. The van der Waals surface area contributed by atoms with Gasteiger partial charge in [0.25, 0.3) is 0 Å². The summed E-state index contributed by atoms with van der Waals surface area (Å²) in [4.78, 5) is 76.9. The molecule has 54 heavy (non-hydrogen) atoms. The van der Waals surface area contributed by atoms with Crippen molar-refractivity contribution in [3.05, 3.63) is 84.7 Å². The Morgan fingerprint density at radius 3 is 1.80 bits per heavy atom. The van der Waals surface area contributed by atoms with Crippen molar-refractivity contribution in [2.45, 2.75) is 6.54 Å². The second-order valence-corrected chi connectivity index (χ2v) is 12.2. The Morgan fingerprint density at radius 2 is 1.22 bits per heavy atom. The van der Waals surface area contributed by atoms with Gasteiger partial charge >= 0.3 is 17.9 Å². The van der Waals surface area contributed by atoms with Crippen LogP contribution in [0.3, 0.4) is 0 Å². The minimum atomic E-state index is -1.19. The fourth-order valence-electron chi connectivity index (χ4n) is 5.48. The van der Waals surface area contributed by atoms with E-state index in [9.17, 15) is 34.2 Å². The standard InChI is InChI=1S/C37H42N8O9/c1-54-28-10-8-25(9-11-28)26-17-31(29-6-2-3-12-39-29)42-32(18-26)30-7-4-5-27(41-30)19-40-34(47)21-45(24-37(52)53)16-14-43(22-35(48)49)13-15-44(20-33(38)46)23-36(50)51/h2-12,17-18H,13-16,19-24H2,1H3,(H2,38,46)(H,40,47)(H,48,49)(H,50,51)(H,52,53). The van der Waals surface area contributed by atoms with Crippen LogP contribution >= 0.6 is 0 Å². The van der Waals surface area contributed by atoms with Crippen LogP contribution in [0.2, 0.25) is 0 Å². The molecule has 2 amide bonds. The van der Waals surface area contributed by atoms with Crippen molar-refractivity contribution in [2.24, 2.45) is 5.73 Å². The van der Waals surface area contributed by atoms with Gasteiger partial charge in [0.1, 0.15) is 5.75 Å². The van der Waals surface area contributed by atoms with Crippen LogP contribution in [0.1, 0.15) is 5.69 Å². The van der Waals surface area contributed by atoms with Crippen LogP contribution in [0.25, 0.3) is 33.9 Å². The molecule has 0 fully saturated rings. The quantitative estimate of drug-likeness (QED) is 0.0759. The molecule has 0 aliphatic heterocycles. The van der Waals surface area contributed by atoms with Crippen molar-refractivity contribution < 1.29 is 44.0 Å². The molecule has 0 saturated heterocycles. The van der Waals surface area contributed by atoms with E-state index in [1.54, 1.807) is 31.5 Å². The van der Waals surface area contributed by atoms with Crippen molar-refractivity contribution in [3.8, 4) is 39.7 Å². The Hall–Kier alpha value is -6.30. The fraction of sp³-hybridized carbons (Fsp3) is 0.297. The highest BCUT2D eigenvalue weighted by Gasteiger charge is 2.20. The van der Waals surface area contributed by atoms with Gasteiger partial charge in [-0.2, -0.15) is 0 Å². The number of ether oxygens (including phenoxy) is 1. The third-order valence-corrected chi connectivity index (χ3v) is 8.00. The number of aromatic nitrogens is 3. The van der Waals surface area contributed by atoms with E-state index < -0.39 is 49.4 Å². The summed E-state index contributed by atoms with van der Waals surface area (Å²) >= 11 is 0. The number of hydrogen-bond donors (Lipinski definition) is 5. The van der Waals surface area contributed by atoms with Gasteiger partial charge in [0.15, 0.2) is 0 Å². The van der Waals surface area contributed by atoms with Gasteiger partial charge in [-0.3, -0.25) is 43.7 Å². The molecule has 17 heteroatoms. The molecule has 17 nitrogen and oxygen atoms in total. The minimum Gasteiger partial charge on any atom is -0.497 e. The van der Waals surface area contributed by atoms with Gasteiger partial charge in [-0.15, -0.1) is 0 Å². The van der Waals surface area contributed by atoms with E-state index in [1.165, 1.54) is 14.7 Å². The predicted octanol–water partition coefficient (Wildman–Crippen LogP) is 1.14. The molecule has 0 spiro atoms. The third kappa shape index (κ3) is 13.4. The average molecular weight is 743 g/mol. The maximum absolute atomic E-state index is 13.0. The molecule has 3 aromatic heterocycles. The Morgan fingerprint density at radius 1 is 0.648 bits per heavy atom. The van der Waals surface area contributed by atoms with Gasteiger partial charge in [0.2, 0.25) is 11.8 Å². The van der Waals surface area contributed by atoms with Crippen molar-refractivity contribution in [2.75, 3.05) is 66.0 Å². The topological polar surface area (TPSA) is 242 Å². The van der Waals surface area contributed by atoms with E-state index >= 15 is 0 Å². The van der Waals surface area contributed by atoms with E-state index in [-0.39, 0.29) is 45.8 Å². The number of nitrogens with two attached hydrogens (primary N) is 1. The molecule has 0 saturated carbocycles. The summed E-state index contributed by atoms with van der Waals surface area (Å²) in [7, 11) is 1.60. The molecule has 284 valence electrons. The van der Waals surface area contributed by atoms with Gasteiger partial charge in [-0.05, 0) is 59.7 Å². The highest BCUT2D eigenvalue weighted by atomic mass is 16.5. The number of carboxylic acids is 3. The maximum atomic E-state index is 13.0. The summed E-state index contributed by atoms with van der Waals surface area (Å²) in [5, 5.41) is 30.8. The second-order valence-electron chi connectivity index (χ2n) is 12.2. The lowest BCUT2D eigenvalue weighted by molar-refractivity contribution is -0.141. The number of hydrogen-bond acceptors (Lipinski definition) is 12. The first-order valence-electron chi connectivity index (χ1n) is 16.8. The fourth-order valence-corrected chi connectivity index (χ4v) is 5.48. The summed E-state index contributed by atoms with van der Waals surface area (Å²) in [6.45, 7) is -1.93. The number of rotatable bonds is 22. The molecule has 0 aliphatic carbocycles. The maximum Gasteiger partial charge on any atom is 0.317 e. The number of benzene rings is 1. The van der Waals surface area contributed by atoms with Gasteiger partial charge in [-0.25, -0.2) is 9.97 Å². The number of methoxy groups -OCH3 is 1. The number of primary amides is 1. The number of nitrogens with one attached hydrogen (secondary N) is 1. The highest BCUT2D eigenvalue weighted by molar-refractivity contribution is 5.79. The number of pyridine rings is 3. The van der Waals surface area contributed by atoms with Crippen LogP contribution in [-0.2, 0) is 30.5 Å². The summed E-state index contributed by atoms with van der Waals surface area (Å²) < 4.78 is 5.31. The SMILES string of the molecule is COc1ccc(-c2cc(-c3ccccn3)nc(-c3cccc(CNC(=O)CN(CCN(CCN(CC(N)=O)CC(=O)O)CC(=O)O)CC(=O)O)n3)c2)cc1. The zero-order valence-corrected chi connectivity index (χ0v) is 29.6. The lowest BCUT2D eigenvalue weighted by Crippen LogP contribution is -2.46. The molecule has 1 aromatic carbocycles. The Labute approximate surface area is 311 Å². The van der Waals surface area contributed by atoms with Crippen molar-refractivity contribution in [1.82, 2.24) is 35.0 Å². The molecule has 4 aromatic rings. The Bertz CT molecular complexity index is 1900. The summed E-state index contributed by atoms with van der Waals surface area (Å²) in [5.74, 6) is -4.05. The number of aliphatic carboxylic acids is 3. The van der Waals surface area contributed by atoms with Crippen LogP contribution in [0.5, 0.6) is 5.75 Å². The monoisotopic (exact) mass is 742 g/mol. The first kappa shape index (κ1) is 40.5. The second kappa shape index (κ2) is 20.1. The first-order chi connectivity index (χ1) is 25.9. The zero-order chi connectivity index (χ0) is 39.0. The number of carboxylic acid groups (broad SMARTS) is 3. The molecule has 4 rings (SSSR count). The van der Waals surface area contributed by atoms with Gasteiger partial charge in [0, 0.05) is 32.4 Å². The lowest BCUT2D eigenvalue weighted by Gasteiger charge is -2.27. The Balaban J connectivity index is 1.44. The zero-order valence-electron chi connectivity index (χ0n) is 29.6. The number of nitrogens with zero attached hydrogens (tertiary/aromatic N) is 6. The molecular weight excluding hydrogens is 700 g/mol. The van der Waals surface area contributed by atoms with Crippen LogP contribution in [0.15, 0.2) is 79.0 Å². The first-order valence-corrected chi connectivity index (χ1v) is 16.8. The normalized spacial score (nSPS) is 11.1. The molecule has 3 heterocycles. The predicted molar refractivity (Wildman–Crippen MR) is 196 cm³/mol. The number of carbonyl (C=O) groups excluding carboxylic acids is 2. The third-order valence-electron chi connectivity index (χ3n) is 8.00. The van der Waals surface area contributed by atoms with Crippen LogP contribution in [-0.4, -0.2) is 141 Å². The van der Waals surface area contributed by atoms with Gasteiger partial charge < -0.3 is 31.1 Å². The molecule has 0 aliphatic rings. The molecule has 0 bridgehead atoms.